The van der Waals surface area contributed by atoms with E-state index < -0.39 is 8.07 Å². The molecule has 0 saturated heterocycles. The highest BCUT2D eigenvalue weighted by Gasteiger charge is 2.22. The van der Waals surface area contributed by atoms with Gasteiger partial charge in [-0.2, -0.15) is 0 Å². The Hall–Kier alpha value is -1.59. The van der Waals surface area contributed by atoms with E-state index in [4.69, 9.17) is 9.15 Å². The van der Waals surface area contributed by atoms with Crippen molar-refractivity contribution in [3.63, 3.8) is 0 Å². The van der Waals surface area contributed by atoms with Gasteiger partial charge in [-0.1, -0.05) is 25.7 Å². The van der Waals surface area contributed by atoms with Crippen molar-refractivity contribution in [1.82, 2.24) is 0 Å². The third kappa shape index (κ3) is 1.97. The lowest BCUT2D eigenvalue weighted by Gasteiger charge is -2.11. The number of para-hydroxylation sites is 1. The van der Waals surface area contributed by atoms with Gasteiger partial charge in [-0.25, -0.2) is 4.79 Å². The first-order valence-electron chi connectivity index (χ1n) is 6.45. The second-order valence-electron chi connectivity index (χ2n) is 5.83. The van der Waals surface area contributed by atoms with Crippen LogP contribution in [0.25, 0.3) is 21.1 Å². The Morgan fingerprint density at radius 1 is 1.20 bits per heavy atom. The fourth-order valence-corrected chi connectivity index (χ4v) is 5.25. The molecule has 0 unspecified atom stereocenters. The number of hydrogen-bond acceptors (Lipinski definition) is 4. The van der Waals surface area contributed by atoms with Gasteiger partial charge < -0.3 is 9.15 Å². The van der Waals surface area contributed by atoms with Crippen molar-refractivity contribution in [2.24, 2.45) is 0 Å². The molecule has 0 bridgehead atoms. The Labute approximate surface area is 121 Å². The summed E-state index contributed by atoms with van der Waals surface area (Å²) in [5.74, 6) is 0.601. The highest BCUT2D eigenvalue weighted by atomic mass is 32.1. The van der Waals surface area contributed by atoms with Crippen molar-refractivity contribution in [3.05, 3.63) is 34.7 Å². The van der Waals surface area contributed by atoms with E-state index in [1.165, 1.54) is 4.50 Å². The number of benzene rings is 1. The lowest BCUT2D eigenvalue weighted by molar-refractivity contribution is 0.407. The van der Waals surface area contributed by atoms with Crippen molar-refractivity contribution >= 4 is 45.0 Å². The van der Waals surface area contributed by atoms with E-state index in [1.54, 1.807) is 18.4 Å². The summed E-state index contributed by atoms with van der Waals surface area (Å²) < 4.78 is 13.1. The fourth-order valence-electron chi connectivity index (χ4n) is 2.22. The highest BCUT2D eigenvalue weighted by Crippen LogP contribution is 2.32. The van der Waals surface area contributed by atoms with E-state index in [1.807, 2.05) is 24.3 Å². The van der Waals surface area contributed by atoms with Crippen LogP contribution in [0, 0.1) is 0 Å². The average Bonchev–Trinajstić information content (AvgIpc) is 2.84. The molecular weight excluding hydrogens is 288 g/mol. The molecule has 0 atom stereocenters. The molecule has 2 aromatic heterocycles. The molecule has 20 heavy (non-hydrogen) atoms. The van der Waals surface area contributed by atoms with Crippen molar-refractivity contribution in [1.29, 1.82) is 0 Å². The molecule has 0 fully saturated rings. The summed E-state index contributed by atoms with van der Waals surface area (Å²) in [5.41, 5.74) is 0.259. The van der Waals surface area contributed by atoms with Crippen LogP contribution in [0.15, 0.2) is 33.5 Å². The normalized spacial score (nSPS) is 12.2. The lowest BCUT2D eigenvalue weighted by atomic mass is 10.2. The SMILES string of the molecule is COc1cccc2c1oc(=O)c1cc([Si](C)(C)C)sc12. The lowest BCUT2D eigenvalue weighted by Crippen LogP contribution is -2.34. The Bertz CT molecular complexity index is 855. The van der Waals surface area contributed by atoms with E-state index in [9.17, 15) is 4.79 Å². The quantitative estimate of drug-likeness (QED) is 0.537. The minimum Gasteiger partial charge on any atom is -0.493 e. The number of rotatable bonds is 2. The van der Waals surface area contributed by atoms with Gasteiger partial charge in [0.05, 0.1) is 25.3 Å². The maximum atomic E-state index is 12.2. The predicted octanol–water partition coefficient (Wildman–Crippen LogP) is 3.56. The molecular formula is C15H16O3SSi. The number of methoxy groups -OCH3 is 1. The molecule has 0 amide bonds. The minimum atomic E-state index is -1.44. The monoisotopic (exact) mass is 304 g/mol. The second kappa shape index (κ2) is 4.46. The summed E-state index contributed by atoms with van der Waals surface area (Å²) in [5, 5.41) is 1.64. The van der Waals surface area contributed by atoms with E-state index in [-0.39, 0.29) is 5.63 Å². The molecule has 3 nitrogen and oxygen atoms in total. The number of thiophene rings is 1. The van der Waals surface area contributed by atoms with Gasteiger partial charge >= 0.3 is 5.63 Å². The Kier molecular flexibility index (Phi) is 2.99. The summed E-state index contributed by atoms with van der Waals surface area (Å²) in [6.45, 7) is 6.84. The summed E-state index contributed by atoms with van der Waals surface area (Å²) in [6, 6.07) is 7.73. The average molecular weight is 304 g/mol. The van der Waals surface area contributed by atoms with Crippen LogP contribution >= 0.6 is 11.3 Å². The third-order valence-corrected chi connectivity index (χ3v) is 8.08. The van der Waals surface area contributed by atoms with Crippen LogP contribution in [0.5, 0.6) is 5.75 Å². The van der Waals surface area contributed by atoms with Gasteiger partial charge in [-0.15, -0.1) is 11.3 Å². The largest absolute Gasteiger partial charge is 0.493 e. The molecule has 3 rings (SSSR count). The standard InChI is InChI=1S/C15H16O3SSi/c1-17-11-7-5-6-9-13(11)18-15(16)10-8-12(19-14(9)10)20(2,3)4/h5-8H,1-4H3. The Morgan fingerprint density at radius 3 is 2.60 bits per heavy atom. The van der Waals surface area contributed by atoms with Gasteiger partial charge in [0.1, 0.15) is 0 Å². The van der Waals surface area contributed by atoms with Gasteiger partial charge in [-0.05, 0) is 22.7 Å². The fraction of sp³-hybridized carbons (Fsp3) is 0.267. The zero-order valence-electron chi connectivity index (χ0n) is 11.9. The van der Waals surface area contributed by atoms with Crippen LogP contribution in [0.1, 0.15) is 0 Å². The Morgan fingerprint density at radius 2 is 1.95 bits per heavy atom. The zero-order valence-corrected chi connectivity index (χ0v) is 13.8. The predicted molar refractivity (Wildman–Crippen MR) is 87.4 cm³/mol. The third-order valence-electron chi connectivity index (χ3n) is 3.33. The molecule has 0 aliphatic rings. The first-order valence-corrected chi connectivity index (χ1v) is 10.8. The van der Waals surface area contributed by atoms with Gasteiger partial charge in [0.25, 0.3) is 0 Å². The van der Waals surface area contributed by atoms with E-state index in [2.05, 4.69) is 19.6 Å². The molecule has 0 aliphatic heterocycles. The molecule has 0 radical (unpaired) electrons. The zero-order chi connectivity index (χ0) is 14.5. The smallest absolute Gasteiger partial charge is 0.345 e. The highest BCUT2D eigenvalue weighted by molar-refractivity contribution is 7.32. The maximum Gasteiger partial charge on any atom is 0.345 e. The van der Waals surface area contributed by atoms with Crippen molar-refractivity contribution in [2.75, 3.05) is 7.11 Å². The first kappa shape index (κ1) is 13.4. The van der Waals surface area contributed by atoms with Crippen molar-refractivity contribution < 1.29 is 9.15 Å². The molecule has 1 aromatic carbocycles. The van der Waals surface area contributed by atoms with E-state index in [0.717, 1.165) is 10.1 Å². The van der Waals surface area contributed by atoms with Crippen LogP contribution in [0.4, 0.5) is 0 Å². The summed E-state index contributed by atoms with van der Waals surface area (Å²) in [4.78, 5) is 12.2. The number of hydrogen-bond donors (Lipinski definition) is 0. The van der Waals surface area contributed by atoms with Gasteiger partial charge in [-0.3, -0.25) is 0 Å². The summed E-state index contributed by atoms with van der Waals surface area (Å²) in [6.07, 6.45) is 0. The van der Waals surface area contributed by atoms with E-state index >= 15 is 0 Å². The molecule has 0 N–H and O–H groups in total. The van der Waals surface area contributed by atoms with E-state index in [0.29, 0.717) is 16.7 Å². The minimum absolute atomic E-state index is 0.280. The molecule has 0 saturated carbocycles. The van der Waals surface area contributed by atoms with Crippen LogP contribution in [-0.4, -0.2) is 15.2 Å². The van der Waals surface area contributed by atoms with Crippen LogP contribution in [0.3, 0.4) is 0 Å². The summed E-state index contributed by atoms with van der Waals surface area (Å²) in [7, 11) is 0.142. The van der Waals surface area contributed by atoms with Gasteiger partial charge in [0.15, 0.2) is 11.3 Å². The molecule has 5 heteroatoms. The van der Waals surface area contributed by atoms with Crippen molar-refractivity contribution in [3.8, 4) is 5.75 Å². The molecule has 0 spiro atoms. The first-order chi connectivity index (χ1) is 9.41. The molecule has 0 aliphatic carbocycles. The van der Waals surface area contributed by atoms with Gasteiger partial charge in [0.2, 0.25) is 0 Å². The van der Waals surface area contributed by atoms with Crippen molar-refractivity contribution in [2.45, 2.75) is 19.6 Å². The number of fused-ring (bicyclic) bond motifs is 3. The molecule has 2 heterocycles. The number of ether oxygens (including phenoxy) is 1. The topological polar surface area (TPSA) is 39.4 Å². The van der Waals surface area contributed by atoms with Crippen LogP contribution in [-0.2, 0) is 0 Å². The van der Waals surface area contributed by atoms with Gasteiger partial charge in [0, 0.05) is 5.39 Å². The molecule has 3 aromatic rings. The maximum absolute atomic E-state index is 12.2. The Balaban J connectivity index is 2.48. The summed E-state index contributed by atoms with van der Waals surface area (Å²) >= 11 is 1.71. The second-order valence-corrected chi connectivity index (χ2v) is 12.3. The molecule has 104 valence electrons. The van der Waals surface area contributed by atoms with Crippen LogP contribution in [0.2, 0.25) is 19.6 Å². The van der Waals surface area contributed by atoms with Crippen LogP contribution < -0.4 is 14.9 Å².